The molecule has 1 aliphatic rings. The average Bonchev–Trinajstić information content (AvgIpc) is 2.70. The van der Waals surface area contributed by atoms with Crippen molar-refractivity contribution in [3.63, 3.8) is 0 Å². The molecule has 0 aliphatic carbocycles. The second-order valence-corrected chi connectivity index (χ2v) is 6.15. The number of ether oxygens (including phenoxy) is 2. The van der Waals surface area contributed by atoms with Gasteiger partial charge < -0.3 is 20.5 Å². The molecular weight excluding hydrogens is 396 g/mol. The van der Waals surface area contributed by atoms with Gasteiger partial charge >= 0.3 is 0 Å². The molecule has 1 atom stereocenters. The van der Waals surface area contributed by atoms with Gasteiger partial charge in [-0.15, -0.1) is 0 Å². The zero-order valence-electron chi connectivity index (χ0n) is 15.1. The smallest absolute Gasteiger partial charge is 0.278 e. The third kappa shape index (κ3) is 3.86. The van der Waals surface area contributed by atoms with Crippen molar-refractivity contribution in [3.05, 3.63) is 53.4 Å². The average molecular weight is 412 g/mol. The number of nitrogens with one attached hydrogen (secondary N) is 1. The molecule has 29 heavy (non-hydrogen) atoms. The Hall–Kier alpha value is -3.21. The molecule has 3 N–H and O–H groups in total. The number of methoxy groups -OCH3 is 1. The van der Waals surface area contributed by atoms with E-state index in [1.165, 1.54) is 25.4 Å². The minimum atomic E-state index is -3.25. The van der Waals surface area contributed by atoms with Gasteiger partial charge in [0, 0.05) is 23.5 Å². The molecule has 1 amide bonds. The number of hydrogen-bond acceptors (Lipinski definition) is 6. The Morgan fingerprint density at radius 2 is 2.14 bits per heavy atom. The molecule has 2 heterocycles. The third-order valence-corrected chi connectivity index (χ3v) is 4.23. The highest BCUT2D eigenvalue weighted by Gasteiger charge is 2.47. The zero-order valence-corrected chi connectivity index (χ0v) is 15.1. The Kier molecular flexibility index (Phi) is 5.69. The van der Waals surface area contributed by atoms with Gasteiger partial charge in [-0.3, -0.25) is 9.79 Å². The molecule has 0 spiro atoms. The van der Waals surface area contributed by atoms with Crippen molar-refractivity contribution in [1.29, 1.82) is 0 Å². The predicted octanol–water partition coefficient (Wildman–Crippen LogP) is 2.47. The number of alkyl halides is 2. The molecule has 1 unspecified atom stereocenters. The molecule has 1 aliphatic heterocycles. The number of amides is 1. The maximum atomic E-state index is 14.5. The first-order chi connectivity index (χ1) is 13.8. The summed E-state index contributed by atoms with van der Waals surface area (Å²) in [6, 6.07) is 4.52. The van der Waals surface area contributed by atoms with Crippen LogP contribution in [0.2, 0.25) is 0 Å². The Labute approximate surface area is 162 Å². The SMILES string of the molecule is COc1cccnc1C(=O)Nc1cc(F)c(F)c(C2(C(F)F)COCC(N)=N2)c1. The number of anilines is 1. The van der Waals surface area contributed by atoms with Crippen LogP contribution in [0.25, 0.3) is 0 Å². The number of nitrogens with two attached hydrogens (primary N) is 1. The molecule has 1 aromatic carbocycles. The van der Waals surface area contributed by atoms with Gasteiger partial charge in [-0.2, -0.15) is 0 Å². The normalized spacial score (nSPS) is 19.0. The Morgan fingerprint density at radius 3 is 2.79 bits per heavy atom. The molecular formula is C18H16F4N4O3. The highest BCUT2D eigenvalue weighted by molar-refractivity contribution is 6.04. The number of nitrogens with zero attached hydrogens (tertiary/aromatic N) is 2. The number of aliphatic imine (C=N–C) groups is 1. The summed E-state index contributed by atoms with van der Waals surface area (Å²) < 4.78 is 66.4. The fraction of sp³-hybridized carbons (Fsp3) is 0.278. The largest absolute Gasteiger partial charge is 0.494 e. The van der Waals surface area contributed by atoms with Crippen LogP contribution in [0.3, 0.4) is 0 Å². The lowest BCUT2D eigenvalue weighted by Crippen LogP contribution is -2.45. The van der Waals surface area contributed by atoms with E-state index >= 15 is 0 Å². The van der Waals surface area contributed by atoms with Crippen molar-refractivity contribution < 1.29 is 31.8 Å². The summed E-state index contributed by atoms with van der Waals surface area (Å²) in [6.45, 7) is -0.929. The van der Waals surface area contributed by atoms with Crippen molar-refractivity contribution in [1.82, 2.24) is 4.98 Å². The van der Waals surface area contributed by atoms with E-state index in [1.54, 1.807) is 0 Å². The van der Waals surface area contributed by atoms with E-state index in [9.17, 15) is 22.4 Å². The van der Waals surface area contributed by atoms with E-state index in [-0.39, 0.29) is 29.6 Å². The van der Waals surface area contributed by atoms with Gasteiger partial charge in [-0.25, -0.2) is 22.5 Å². The summed E-state index contributed by atoms with van der Waals surface area (Å²) in [4.78, 5) is 20.0. The van der Waals surface area contributed by atoms with Gasteiger partial charge in [0.05, 0.1) is 13.7 Å². The van der Waals surface area contributed by atoms with Crippen LogP contribution in [-0.4, -0.2) is 43.5 Å². The molecule has 0 fully saturated rings. The molecule has 3 rings (SSSR count). The minimum Gasteiger partial charge on any atom is -0.494 e. The molecule has 11 heteroatoms. The van der Waals surface area contributed by atoms with Gasteiger partial charge in [-0.1, -0.05) is 0 Å². The zero-order chi connectivity index (χ0) is 21.2. The maximum Gasteiger partial charge on any atom is 0.278 e. The van der Waals surface area contributed by atoms with Crippen LogP contribution in [0, 0.1) is 11.6 Å². The van der Waals surface area contributed by atoms with Crippen LogP contribution in [0.15, 0.2) is 35.5 Å². The van der Waals surface area contributed by atoms with Crippen LogP contribution in [0.4, 0.5) is 23.2 Å². The Balaban J connectivity index is 2.04. The summed E-state index contributed by atoms with van der Waals surface area (Å²) in [6.07, 6.45) is -1.92. The monoisotopic (exact) mass is 412 g/mol. The van der Waals surface area contributed by atoms with E-state index in [4.69, 9.17) is 15.2 Å². The topological polar surface area (TPSA) is 98.8 Å². The van der Waals surface area contributed by atoms with Gasteiger partial charge in [0.2, 0.25) is 0 Å². The van der Waals surface area contributed by atoms with E-state index in [2.05, 4.69) is 15.3 Å². The predicted molar refractivity (Wildman–Crippen MR) is 95.2 cm³/mol. The minimum absolute atomic E-state index is 0.131. The Morgan fingerprint density at radius 1 is 1.38 bits per heavy atom. The molecule has 1 aromatic heterocycles. The van der Waals surface area contributed by atoms with Crippen molar-refractivity contribution >= 4 is 17.4 Å². The number of carbonyl (C=O) groups excluding carboxylic acids is 1. The number of pyridine rings is 1. The van der Waals surface area contributed by atoms with Crippen molar-refractivity contribution in [2.45, 2.75) is 12.0 Å². The van der Waals surface area contributed by atoms with E-state index in [0.717, 1.165) is 6.07 Å². The first-order valence-electron chi connectivity index (χ1n) is 8.28. The number of aromatic nitrogens is 1. The number of amidine groups is 1. The quantitative estimate of drug-likeness (QED) is 0.736. The number of rotatable bonds is 5. The van der Waals surface area contributed by atoms with Gasteiger partial charge in [-0.05, 0) is 18.2 Å². The van der Waals surface area contributed by atoms with Crippen molar-refractivity contribution in [3.8, 4) is 5.75 Å². The third-order valence-electron chi connectivity index (χ3n) is 4.23. The van der Waals surface area contributed by atoms with Crippen LogP contribution in [0.1, 0.15) is 16.1 Å². The number of hydrogen-bond donors (Lipinski definition) is 2. The van der Waals surface area contributed by atoms with Crippen LogP contribution in [-0.2, 0) is 10.3 Å². The molecule has 0 saturated heterocycles. The first-order valence-corrected chi connectivity index (χ1v) is 8.28. The summed E-state index contributed by atoms with van der Waals surface area (Å²) in [5.41, 5.74) is 1.73. The molecule has 7 nitrogen and oxygen atoms in total. The van der Waals surface area contributed by atoms with Crippen LogP contribution < -0.4 is 15.8 Å². The van der Waals surface area contributed by atoms with Crippen LogP contribution >= 0.6 is 0 Å². The molecule has 154 valence electrons. The standard InChI is InChI=1S/C18H16F4N4O3/c1-28-12-3-2-4-24-15(12)16(27)25-9-5-10(14(20)11(19)6-9)18(17(21)22)8-29-7-13(23)26-18/h2-6,17H,7-8H2,1H3,(H2,23,26)(H,25,27). The lowest BCUT2D eigenvalue weighted by Gasteiger charge is -2.33. The first kappa shape index (κ1) is 20.5. The second-order valence-electron chi connectivity index (χ2n) is 6.15. The van der Waals surface area contributed by atoms with E-state index in [0.29, 0.717) is 6.07 Å². The molecule has 0 bridgehead atoms. The summed E-state index contributed by atoms with van der Waals surface area (Å²) >= 11 is 0. The summed E-state index contributed by atoms with van der Waals surface area (Å²) in [5, 5.41) is 2.29. The fourth-order valence-corrected chi connectivity index (χ4v) is 2.89. The van der Waals surface area contributed by atoms with Gasteiger partial charge in [0.15, 0.2) is 22.9 Å². The van der Waals surface area contributed by atoms with E-state index in [1.807, 2.05) is 0 Å². The summed E-state index contributed by atoms with van der Waals surface area (Å²) in [7, 11) is 1.32. The molecule has 0 saturated carbocycles. The maximum absolute atomic E-state index is 14.5. The number of benzene rings is 1. The van der Waals surface area contributed by atoms with Crippen molar-refractivity contribution in [2.75, 3.05) is 25.6 Å². The fourth-order valence-electron chi connectivity index (χ4n) is 2.89. The highest BCUT2D eigenvalue weighted by Crippen LogP contribution is 2.38. The molecule has 0 radical (unpaired) electrons. The van der Waals surface area contributed by atoms with Gasteiger partial charge in [0.1, 0.15) is 18.2 Å². The molecule has 2 aromatic rings. The lowest BCUT2D eigenvalue weighted by atomic mass is 9.89. The Bertz CT molecular complexity index is 970. The van der Waals surface area contributed by atoms with E-state index < -0.39 is 41.7 Å². The lowest BCUT2D eigenvalue weighted by molar-refractivity contribution is -0.0148. The second kappa shape index (κ2) is 8.03. The number of halogens is 4. The number of carbonyl (C=O) groups is 1. The van der Waals surface area contributed by atoms with Gasteiger partial charge in [0.25, 0.3) is 12.3 Å². The van der Waals surface area contributed by atoms with Crippen LogP contribution in [0.5, 0.6) is 5.75 Å². The summed E-state index contributed by atoms with van der Waals surface area (Å²) in [5.74, 6) is -3.96. The highest BCUT2D eigenvalue weighted by atomic mass is 19.3. The van der Waals surface area contributed by atoms with Crippen molar-refractivity contribution in [2.24, 2.45) is 10.7 Å².